The van der Waals surface area contributed by atoms with Crippen LogP contribution in [0.1, 0.15) is 65.2 Å². The summed E-state index contributed by atoms with van der Waals surface area (Å²) >= 11 is 0. The van der Waals surface area contributed by atoms with Gasteiger partial charge >= 0.3 is 0 Å². The Balaban J connectivity index is 2.49. The number of hydrogen-bond acceptors (Lipinski definition) is 1. The van der Waals surface area contributed by atoms with Crippen LogP contribution in [0.5, 0.6) is 0 Å². The summed E-state index contributed by atoms with van der Waals surface area (Å²) in [5, 5.41) is 8.80. The molecule has 0 bridgehead atoms. The molecule has 0 heterocycles. The predicted molar refractivity (Wildman–Crippen MR) is 73.6 cm³/mol. The summed E-state index contributed by atoms with van der Waals surface area (Å²) in [7, 11) is 0. The van der Waals surface area contributed by atoms with E-state index in [2.05, 4.69) is 25.1 Å². The molecule has 0 saturated carbocycles. The van der Waals surface area contributed by atoms with Gasteiger partial charge in [0.15, 0.2) is 0 Å². The molecule has 1 aliphatic carbocycles. The molecular formula is C16H25N. The van der Waals surface area contributed by atoms with E-state index in [1.54, 1.807) is 5.57 Å². The Kier molecular flexibility index (Phi) is 6.70. The van der Waals surface area contributed by atoms with Crippen LogP contribution in [-0.4, -0.2) is 0 Å². The number of rotatable bonds is 3. The van der Waals surface area contributed by atoms with Gasteiger partial charge in [0, 0.05) is 5.92 Å². The third-order valence-electron chi connectivity index (χ3n) is 3.56. The maximum absolute atomic E-state index is 8.80. The van der Waals surface area contributed by atoms with Crippen molar-refractivity contribution in [2.45, 2.75) is 65.2 Å². The second-order valence-electron chi connectivity index (χ2n) is 5.28. The molecular weight excluding hydrogens is 206 g/mol. The van der Waals surface area contributed by atoms with Crippen molar-refractivity contribution in [2.24, 2.45) is 5.92 Å². The highest BCUT2D eigenvalue weighted by Crippen LogP contribution is 2.21. The van der Waals surface area contributed by atoms with Crippen molar-refractivity contribution in [3.63, 3.8) is 0 Å². The van der Waals surface area contributed by atoms with Crippen molar-refractivity contribution < 1.29 is 0 Å². The van der Waals surface area contributed by atoms with Gasteiger partial charge in [-0.25, -0.2) is 0 Å². The topological polar surface area (TPSA) is 23.8 Å². The van der Waals surface area contributed by atoms with Crippen LogP contribution in [0.2, 0.25) is 0 Å². The monoisotopic (exact) mass is 231 g/mol. The lowest BCUT2D eigenvalue weighted by atomic mass is 9.95. The molecule has 94 valence electrons. The van der Waals surface area contributed by atoms with Gasteiger partial charge in [0.25, 0.3) is 0 Å². The lowest BCUT2D eigenvalue weighted by Crippen LogP contribution is -1.94. The molecule has 1 atom stereocenters. The van der Waals surface area contributed by atoms with Gasteiger partial charge < -0.3 is 0 Å². The van der Waals surface area contributed by atoms with Gasteiger partial charge in [-0.15, -0.1) is 0 Å². The Hall–Kier alpha value is -1.03. The van der Waals surface area contributed by atoms with E-state index >= 15 is 0 Å². The van der Waals surface area contributed by atoms with Crippen LogP contribution in [-0.2, 0) is 0 Å². The zero-order valence-electron chi connectivity index (χ0n) is 11.3. The first-order chi connectivity index (χ1) is 8.22. The Morgan fingerprint density at radius 2 is 2.00 bits per heavy atom. The molecule has 0 spiro atoms. The molecule has 1 rings (SSSR count). The van der Waals surface area contributed by atoms with Crippen LogP contribution in [0.25, 0.3) is 0 Å². The smallest absolute Gasteiger partial charge is 0.0652 e. The van der Waals surface area contributed by atoms with Gasteiger partial charge in [-0.3, -0.25) is 0 Å². The maximum atomic E-state index is 8.80. The van der Waals surface area contributed by atoms with Gasteiger partial charge in [-0.2, -0.15) is 5.26 Å². The molecule has 1 heteroatoms. The zero-order valence-corrected chi connectivity index (χ0v) is 11.3. The first-order valence-corrected chi connectivity index (χ1v) is 6.95. The molecule has 0 fully saturated rings. The molecule has 0 saturated heterocycles. The Bertz CT molecular complexity index is 317. The Labute approximate surface area is 106 Å². The van der Waals surface area contributed by atoms with Gasteiger partial charge in [-0.05, 0) is 58.8 Å². The molecule has 0 N–H and O–H groups in total. The second-order valence-corrected chi connectivity index (χ2v) is 5.28. The van der Waals surface area contributed by atoms with Crippen LogP contribution in [0.4, 0.5) is 0 Å². The fourth-order valence-electron chi connectivity index (χ4n) is 2.26. The van der Waals surface area contributed by atoms with E-state index in [9.17, 15) is 0 Å². The fraction of sp³-hybridized carbons (Fsp3) is 0.688. The van der Waals surface area contributed by atoms with Crippen molar-refractivity contribution in [1.82, 2.24) is 0 Å². The minimum Gasteiger partial charge on any atom is -0.198 e. The molecule has 0 aromatic rings. The predicted octanol–water partition coefficient (Wildman–Crippen LogP) is 5.15. The number of allylic oxidation sites excluding steroid dienone is 4. The molecule has 1 nitrogen and oxygen atoms in total. The van der Waals surface area contributed by atoms with Crippen LogP contribution in [0, 0.1) is 17.2 Å². The van der Waals surface area contributed by atoms with Crippen LogP contribution in [0.15, 0.2) is 23.3 Å². The fourth-order valence-corrected chi connectivity index (χ4v) is 2.26. The normalized spacial score (nSPS) is 25.9. The summed E-state index contributed by atoms with van der Waals surface area (Å²) in [5.74, 6) is 0.198. The number of nitrogens with zero attached hydrogens (tertiary/aromatic N) is 1. The molecule has 1 unspecified atom stereocenters. The van der Waals surface area contributed by atoms with Gasteiger partial charge in [0.2, 0.25) is 0 Å². The van der Waals surface area contributed by atoms with E-state index < -0.39 is 0 Å². The minimum atomic E-state index is 0.198. The molecule has 0 aromatic carbocycles. The van der Waals surface area contributed by atoms with Crippen molar-refractivity contribution in [1.29, 1.82) is 5.26 Å². The quantitative estimate of drug-likeness (QED) is 0.616. The van der Waals surface area contributed by atoms with Gasteiger partial charge in [-0.1, -0.05) is 29.7 Å². The molecule has 17 heavy (non-hydrogen) atoms. The van der Waals surface area contributed by atoms with Crippen LogP contribution >= 0.6 is 0 Å². The SMILES string of the molecule is C/C1=C/C/C=C(/CCC(C)C#N)CCCCC1. The average molecular weight is 231 g/mol. The standard InChI is InChI=1S/C16H25N/c1-14-7-4-3-5-9-16(10-6-8-14)12-11-15(2)13-17/h8,10,15H,3-7,9,11-12H2,1-2H3/b14-8-,16-10+. The summed E-state index contributed by atoms with van der Waals surface area (Å²) in [4.78, 5) is 0. The van der Waals surface area contributed by atoms with E-state index in [-0.39, 0.29) is 5.92 Å². The summed E-state index contributed by atoms with van der Waals surface area (Å²) in [6.07, 6.45) is 14.5. The van der Waals surface area contributed by atoms with E-state index in [0.29, 0.717) is 0 Å². The molecule has 0 aromatic heterocycles. The Morgan fingerprint density at radius 3 is 2.76 bits per heavy atom. The number of nitriles is 1. The van der Waals surface area contributed by atoms with Crippen molar-refractivity contribution in [3.8, 4) is 6.07 Å². The van der Waals surface area contributed by atoms with Crippen molar-refractivity contribution >= 4 is 0 Å². The average Bonchev–Trinajstić information content (AvgIpc) is 2.34. The van der Waals surface area contributed by atoms with E-state index in [1.165, 1.54) is 37.7 Å². The number of hydrogen-bond donors (Lipinski definition) is 0. The molecule has 1 aliphatic rings. The van der Waals surface area contributed by atoms with E-state index in [4.69, 9.17) is 5.26 Å². The molecule has 0 radical (unpaired) electrons. The third kappa shape index (κ3) is 6.31. The molecule has 0 amide bonds. The highest BCUT2D eigenvalue weighted by atomic mass is 14.3. The van der Waals surface area contributed by atoms with Crippen LogP contribution in [0.3, 0.4) is 0 Å². The second kappa shape index (κ2) is 8.12. The summed E-state index contributed by atoms with van der Waals surface area (Å²) in [6, 6.07) is 2.32. The highest BCUT2D eigenvalue weighted by molar-refractivity contribution is 5.09. The third-order valence-corrected chi connectivity index (χ3v) is 3.56. The van der Waals surface area contributed by atoms with Gasteiger partial charge in [0.05, 0.1) is 6.07 Å². The van der Waals surface area contributed by atoms with Gasteiger partial charge in [0.1, 0.15) is 0 Å². The lowest BCUT2D eigenvalue weighted by Gasteiger charge is -2.10. The molecule has 0 aliphatic heterocycles. The Morgan fingerprint density at radius 1 is 1.24 bits per heavy atom. The summed E-state index contributed by atoms with van der Waals surface area (Å²) in [5.41, 5.74) is 3.10. The van der Waals surface area contributed by atoms with E-state index in [0.717, 1.165) is 19.3 Å². The summed E-state index contributed by atoms with van der Waals surface area (Å²) in [6.45, 7) is 4.26. The first-order valence-electron chi connectivity index (χ1n) is 6.95. The zero-order chi connectivity index (χ0) is 12.5. The lowest BCUT2D eigenvalue weighted by molar-refractivity contribution is 0.614. The van der Waals surface area contributed by atoms with Crippen molar-refractivity contribution in [3.05, 3.63) is 23.3 Å². The van der Waals surface area contributed by atoms with Crippen LogP contribution < -0.4 is 0 Å². The summed E-state index contributed by atoms with van der Waals surface area (Å²) < 4.78 is 0. The maximum Gasteiger partial charge on any atom is 0.0652 e. The van der Waals surface area contributed by atoms with Crippen molar-refractivity contribution in [2.75, 3.05) is 0 Å². The highest BCUT2D eigenvalue weighted by Gasteiger charge is 2.04. The van der Waals surface area contributed by atoms with E-state index in [1.807, 2.05) is 6.92 Å². The largest absolute Gasteiger partial charge is 0.198 e. The minimum absolute atomic E-state index is 0.198. The first kappa shape index (κ1) is 14.0.